The zero-order valence-corrected chi connectivity index (χ0v) is 21.5. The van der Waals surface area contributed by atoms with Crippen LogP contribution in [0.1, 0.15) is 56.5 Å². The Morgan fingerprint density at radius 2 is 1.76 bits per heavy atom. The van der Waals surface area contributed by atoms with Gasteiger partial charge in [-0.3, -0.25) is 9.40 Å². The summed E-state index contributed by atoms with van der Waals surface area (Å²) in [5, 5.41) is 8.17. The van der Waals surface area contributed by atoms with Crippen LogP contribution in [0.5, 0.6) is 0 Å². The molecular weight excluding hydrogens is 444 g/mol. The fourth-order valence-corrected chi connectivity index (χ4v) is 5.76. The highest BCUT2D eigenvalue weighted by Crippen LogP contribution is 2.27. The van der Waals surface area contributed by atoms with Crippen LogP contribution in [0.3, 0.4) is 0 Å². The van der Waals surface area contributed by atoms with Crippen LogP contribution in [0.4, 0.5) is 5.69 Å². The molecule has 1 saturated carbocycles. The Morgan fingerprint density at radius 1 is 1.06 bits per heavy atom. The van der Waals surface area contributed by atoms with Crippen molar-refractivity contribution in [3.63, 3.8) is 0 Å². The standard InChI is InChI=1S/C27H36N4O2S/c1-19(2)16-26-27(20(3)31(4)29-26)30-34(32,33)25-14-12-22(13-15-25)23-9-7-8-21(17-23)18-28-24-10-5-6-11-24/h7-9,12-15,17,19,24,28,30H,5-6,10-11,16,18H2,1-4H3. The lowest BCUT2D eigenvalue weighted by Crippen LogP contribution is -2.25. The topological polar surface area (TPSA) is 76.0 Å². The lowest BCUT2D eigenvalue weighted by atomic mass is 10.0. The minimum atomic E-state index is -3.72. The Bertz CT molecular complexity index is 1220. The number of rotatable bonds is 9. The molecule has 0 unspecified atom stereocenters. The number of hydrogen-bond acceptors (Lipinski definition) is 4. The van der Waals surface area contributed by atoms with E-state index in [0.717, 1.165) is 29.1 Å². The quantitative estimate of drug-likeness (QED) is 0.428. The van der Waals surface area contributed by atoms with E-state index in [1.165, 1.54) is 31.2 Å². The first-order valence-corrected chi connectivity index (χ1v) is 13.7. The molecule has 0 saturated heterocycles. The Kier molecular flexibility index (Phi) is 7.43. The lowest BCUT2D eigenvalue weighted by molar-refractivity contribution is 0.524. The number of anilines is 1. The number of nitrogens with one attached hydrogen (secondary N) is 2. The number of aromatic nitrogens is 2. The van der Waals surface area contributed by atoms with Crippen LogP contribution in [0.2, 0.25) is 0 Å². The summed E-state index contributed by atoms with van der Waals surface area (Å²) in [6, 6.07) is 16.2. The van der Waals surface area contributed by atoms with E-state index in [2.05, 4.69) is 53.3 Å². The molecule has 2 aromatic carbocycles. The summed E-state index contributed by atoms with van der Waals surface area (Å²) in [5.74, 6) is 0.376. The Balaban J connectivity index is 1.50. The molecule has 0 atom stereocenters. The van der Waals surface area contributed by atoms with Gasteiger partial charge in [-0.2, -0.15) is 5.10 Å². The largest absolute Gasteiger partial charge is 0.310 e. The molecule has 1 fully saturated rings. The number of sulfonamides is 1. The van der Waals surface area contributed by atoms with Gasteiger partial charge in [0.05, 0.1) is 22.0 Å². The second kappa shape index (κ2) is 10.3. The molecule has 7 heteroatoms. The molecule has 0 amide bonds. The van der Waals surface area contributed by atoms with Crippen molar-refractivity contribution in [2.24, 2.45) is 13.0 Å². The first-order valence-electron chi connectivity index (χ1n) is 12.2. The van der Waals surface area contributed by atoms with Gasteiger partial charge in [-0.15, -0.1) is 0 Å². The predicted molar refractivity (Wildman–Crippen MR) is 138 cm³/mol. The molecule has 0 aliphatic heterocycles. The number of nitrogens with zero attached hydrogens (tertiary/aromatic N) is 2. The summed E-state index contributed by atoms with van der Waals surface area (Å²) in [4.78, 5) is 0.244. The van der Waals surface area contributed by atoms with Crippen LogP contribution >= 0.6 is 0 Å². The fourth-order valence-electron chi connectivity index (χ4n) is 4.61. The first-order chi connectivity index (χ1) is 16.2. The number of aryl methyl sites for hydroxylation is 1. The minimum Gasteiger partial charge on any atom is -0.310 e. The zero-order chi connectivity index (χ0) is 24.3. The summed E-state index contributed by atoms with van der Waals surface area (Å²) >= 11 is 0. The average Bonchev–Trinajstić information content (AvgIpc) is 3.42. The van der Waals surface area contributed by atoms with Crippen molar-refractivity contribution in [3.05, 3.63) is 65.5 Å². The van der Waals surface area contributed by atoms with Gasteiger partial charge in [-0.05, 0) is 67.0 Å². The van der Waals surface area contributed by atoms with Crippen molar-refractivity contribution in [2.75, 3.05) is 4.72 Å². The highest BCUT2D eigenvalue weighted by atomic mass is 32.2. The first kappa shape index (κ1) is 24.5. The van der Waals surface area contributed by atoms with Gasteiger partial charge >= 0.3 is 0 Å². The van der Waals surface area contributed by atoms with Crippen LogP contribution in [0.15, 0.2) is 53.4 Å². The zero-order valence-electron chi connectivity index (χ0n) is 20.6. The molecule has 4 rings (SSSR count). The summed E-state index contributed by atoms with van der Waals surface area (Å²) in [6.45, 7) is 6.94. The van der Waals surface area contributed by atoms with Crippen molar-refractivity contribution in [1.82, 2.24) is 15.1 Å². The molecule has 1 aromatic heterocycles. The van der Waals surface area contributed by atoms with Gasteiger partial charge in [0.1, 0.15) is 0 Å². The molecule has 182 valence electrons. The van der Waals surface area contributed by atoms with Gasteiger partial charge in [-0.25, -0.2) is 8.42 Å². The molecule has 1 aliphatic carbocycles. The third-order valence-electron chi connectivity index (χ3n) is 6.62. The highest BCUT2D eigenvalue weighted by molar-refractivity contribution is 7.92. The molecule has 3 aromatic rings. The van der Waals surface area contributed by atoms with Gasteiger partial charge in [0.15, 0.2) is 0 Å². The van der Waals surface area contributed by atoms with Gasteiger partial charge in [0.25, 0.3) is 10.0 Å². The van der Waals surface area contributed by atoms with Gasteiger partial charge < -0.3 is 5.32 Å². The van der Waals surface area contributed by atoms with E-state index in [4.69, 9.17) is 0 Å². The molecule has 1 heterocycles. The van der Waals surface area contributed by atoms with Crippen LogP contribution in [0, 0.1) is 12.8 Å². The third kappa shape index (κ3) is 5.70. The second-order valence-electron chi connectivity index (χ2n) is 9.82. The molecule has 2 N–H and O–H groups in total. The normalized spacial score (nSPS) is 14.7. The Hall–Kier alpha value is -2.64. The summed E-state index contributed by atoms with van der Waals surface area (Å²) in [7, 11) is -1.88. The maximum Gasteiger partial charge on any atom is 0.262 e. The van der Waals surface area contributed by atoms with Crippen molar-refractivity contribution >= 4 is 15.7 Å². The maximum atomic E-state index is 13.2. The Labute approximate surface area is 203 Å². The van der Waals surface area contributed by atoms with Crippen LogP contribution in [0.25, 0.3) is 11.1 Å². The van der Waals surface area contributed by atoms with E-state index in [-0.39, 0.29) is 4.90 Å². The number of hydrogen-bond donors (Lipinski definition) is 2. The van der Waals surface area contributed by atoms with Crippen LogP contribution < -0.4 is 10.0 Å². The second-order valence-corrected chi connectivity index (χ2v) is 11.5. The lowest BCUT2D eigenvalue weighted by Gasteiger charge is -2.13. The summed E-state index contributed by atoms with van der Waals surface area (Å²) < 4.78 is 30.8. The fraction of sp³-hybridized carbons (Fsp3) is 0.444. The van der Waals surface area contributed by atoms with E-state index < -0.39 is 10.0 Å². The van der Waals surface area contributed by atoms with Crippen LogP contribution in [-0.2, 0) is 30.0 Å². The molecule has 0 radical (unpaired) electrons. The SMILES string of the molecule is Cc1c(NS(=O)(=O)c2ccc(-c3cccc(CNC4CCCC4)c3)cc2)c(CC(C)C)nn1C. The molecule has 34 heavy (non-hydrogen) atoms. The smallest absolute Gasteiger partial charge is 0.262 e. The molecule has 1 aliphatic rings. The molecule has 0 bridgehead atoms. The molecular formula is C27H36N4O2S. The molecule has 0 spiro atoms. The van der Waals surface area contributed by atoms with Gasteiger partial charge in [0, 0.05) is 19.6 Å². The van der Waals surface area contributed by atoms with Crippen LogP contribution in [-0.4, -0.2) is 24.2 Å². The van der Waals surface area contributed by atoms with Gasteiger partial charge in [0.2, 0.25) is 0 Å². The van der Waals surface area contributed by atoms with Crippen molar-refractivity contribution in [3.8, 4) is 11.1 Å². The van der Waals surface area contributed by atoms with Crippen molar-refractivity contribution in [2.45, 2.75) is 70.4 Å². The average molecular weight is 481 g/mol. The van der Waals surface area contributed by atoms with E-state index in [1.54, 1.807) is 16.8 Å². The summed E-state index contributed by atoms with van der Waals surface area (Å²) in [5.41, 5.74) is 5.50. The van der Waals surface area contributed by atoms with Crippen molar-refractivity contribution in [1.29, 1.82) is 0 Å². The Morgan fingerprint density at radius 3 is 2.44 bits per heavy atom. The summed E-state index contributed by atoms with van der Waals surface area (Å²) in [6.07, 6.45) is 5.88. The third-order valence-corrected chi connectivity index (χ3v) is 7.99. The number of benzene rings is 2. The van der Waals surface area contributed by atoms with Gasteiger partial charge in [-0.1, -0.05) is 57.0 Å². The van der Waals surface area contributed by atoms with E-state index >= 15 is 0 Å². The van der Waals surface area contributed by atoms with Crippen molar-refractivity contribution < 1.29 is 8.42 Å². The van der Waals surface area contributed by atoms with E-state index in [0.29, 0.717) is 24.1 Å². The van der Waals surface area contributed by atoms with E-state index in [1.807, 2.05) is 26.1 Å². The highest BCUT2D eigenvalue weighted by Gasteiger charge is 2.21. The minimum absolute atomic E-state index is 0.244. The van der Waals surface area contributed by atoms with E-state index in [9.17, 15) is 8.42 Å². The molecule has 6 nitrogen and oxygen atoms in total. The predicted octanol–water partition coefficient (Wildman–Crippen LogP) is 5.43. The maximum absolute atomic E-state index is 13.2. The monoisotopic (exact) mass is 480 g/mol.